The third-order valence-corrected chi connectivity index (χ3v) is 8.95. The number of benzene rings is 1. The minimum Gasteiger partial charge on any atom is -0.335 e. The third kappa shape index (κ3) is 3.77. The van der Waals surface area contributed by atoms with Crippen molar-refractivity contribution in [3.05, 3.63) is 28.8 Å². The molecule has 1 aromatic carbocycles. The second kappa shape index (κ2) is 7.31. The molecule has 2 aliphatic heterocycles. The summed E-state index contributed by atoms with van der Waals surface area (Å²) >= 11 is 6.14. The first-order chi connectivity index (χ1) is 13.0. The van der Waals surface area contributed by atoms with Gasteiger partial charge in [-0.15, -0.1) is 0 Å². The first-order valence-corrected chi connectivity index (χ1v) is 12.7. The van der Waals surface area contributed by atoms with Crippen LogP contribution in [0.3, 0.4) is 0 Å². The van der Waals surface area contributed by atoms with Gasteiger partial charge in [-0.3, -0.25) is 9.59 Å². The van der Waals surface area contributed by atoms with Crippen LogP contribution >= 0.6 is 11.6 Å². The molecule has 0 aromatic heterocycles. The number of nitrogens with zero attached hydrogens (tertiary/aromatic N) is 2. The molecule has 0 saturated carbocycles. The van der Waals surface area contributed by atoms with Crippen LogP contribution in [0.15, 0.2) is 18.2 Å². The smallest absolute Gasteiger partial charge is 0.254 e. The number of carbonyl (C=O) groups excluding carboxylic acids is 2. The highest BCUT2D eigenvalue weighted by Gasteiger charge is 2.43. The van der Waals surface area contributed by atoms with E-state index in [2.05, 4.69) is 0 Å². The molecule has 3 rings (SSSR count). The summed E-state index contributed by atoms with van der Waals surface area (Å²) < 4.78 is 48.9. The van der Waals surface area contributed by atoms with E-state index in [1.165, 1.54) is 30.0 Å². The summed E-state index contributed by atoms with van der Waals surface area (Å²) in [6, 6.07) is 3.66. The van der Waals surface area contributed by atoms with E-state index in [0.717, 1.165) is 0 Å². The quantitative estimate of drug-likeness (QED) is 0.686. The van der Waals surface area contributed by atoms with Crippen molar-refractivity contribution >= 4 is 49.0 Å². The van der Waals surface area contributed by atoms with Gasteiger partial charge in [-0.05, 0) is 31.5 Å². The lowest BCUT2D eigenvalue weighted by atomic mass is 10.1. The monoisotopic (exact) mass is 448 g/mol. The molecule has 0 radical (unpaired) electrons. The predicted octanol–water partition coefficient (Wildman–Crippen LogP) is 1.30. The Morgan fingerprint density at radius 3 is 2.43 bits per heavy atom. The van der Waals surface area contributed by atoms with Gasteiger partial charge in [0, 0.05) is 18.2 Å². The molecule has 154 valence electrons. The average molecular weight is 449 g/mol. The van der Waals surface area contributed by atoms with Crippen molar-refractivity contribution in [1.29, 1.82) is 0 Å². The Kier molecular flexibility index (Phi) is 5.50. The van der Waals surface area contributed by atoms with Gasteiger partial charge in [-0.1, -0.05) is 18.5 Å². The number of sulfonamides is 1. The van der Waals surface area contributed by atoms with Crippen molar-refractivity contribution in [2.24, 2.45) is 5.92 Å². The van der Waals surface area contributed by atoms with Gasteiger partial charge in [-0.25, -0.2) is 21.1 Å². The summed E-state index contributed by atoms with van der Waals surface area (Å²) in [7, 11) is -7.04. The van der Waals surface area contributed by atoms with Crippen molar-refractivity contribution in [3.63, 3.8) is 0 Å². The molecule has 11 heteroatoms. The lowest BCUT2D eigenvalue weighted by Gasteiger charge is -2.27. The zero-order valence-corrected chi connectivity index (χ0v) is 17.8. The zero-order chi connectivity index (χ0) is 20.9. The summed E-state index contributed by atoms with van der Waals surface area (Å²) in [5, 5.41) is 0.0362. The van der Waals surface area contributed by atoms with Crippen molar-refractivity contribution in [2.75, 3.05) is 28.1 Å². The molecule has 1 aromatic rings. The van der Waals surface area contributed by atoms with Crippen molar-refractivity contribution in [1.82, 2.24) is 4.90 Å². The summed E-state index contributed by atoms with van der Waals surface area (Å²) in [6.07, 6.45) is 0.360. The Morgan fingerprint density at radius 2 is 1.93 bits per heavy atom. The van der Waals surface area contributed by atoms with E-state index < -0.39 is 43.6 Å². The maximum atomic E-state index is 13.0. The second-order valence-corrected chi connectivity index (χ2v) is 11.6. The minimum atomic E-state index is -3.87. The maximum absolute atomic E-state index is 13.0. The summed E-state index contributed by atoms with van der Waals surface area (Å²) in [4.78, 5) is 26.8. The maximum Gasteiger partial charge on any atom is 0.254 e. The molecule has 0 spiro atoms. The van der Waals surface area contributed by atoms with Crippen LogP contribution in [-0.4, -0.2) is 63.4 Å². The van der Waals surface area contributed by atoms with E-state index in [1.54, 1.807) is 6.92 Å². The fourth-order valence-corrected chi connectivity index (χ4v) is 7.43. The molecule has 8 nitrogen and oxygen atoms in total. The molecule has 2 heterocycles. The topological polar surface area (TPSA) is 109 Å². The average Bonchev–Trinajstić information content (AvgIpc) is 3.05. The highest BCUT2D eigenvalue weighted by atomic mass is 35.5. The Hall–Kier alpha value is -1.65. The molecular weight excluding hydrogens is 428 g/mol. The van der Waals surface area contributed by atoms with E-state index in [0.29, 0.717) is 17.3 Å². The van der Waals surface area contributed by atoms with Crippen LogP contribution in [0.1, 0.15) is 30.6 Å². The number of sulfone groups is 1. The molecular formula is C17H21ClN2O6S2. The normalized spacial score (nSPS) is 25.8. The lowest BCUT2D eigenvalue weighted by Crippen LogP contribution is -2.41. The molecule has 2 atom stereocenters. The highest BCUT2D eigenvalue weighted by Crippen LogP contribution is 2.35. The molecule has 0 N–H and O–H groups in total. The number of anilines is 1. The van der Waals surface area contributed by atoms with Gasteiger partial charge in [-0.2, -0.15) is 0 Å². The predicted molar refractivity (Wildman–Crippen MR) is 106 cm³/mol. The summed E-state index contributed by atoms with van der Waals surface area (Å²) in [5.74, 6) is -2.10. The van der Waals surface area contributed by atoms with Crippen molar-refractivity contribution < 1.29 is 26.4 Å². The molecule has 2 aliphatic rings. The van der Waals surface area contributed by atoms with E-state index in [4.69, 9.17) is 11.6 Å². The molecule has 2 fully saturated rings. The van der Waals surface area contributed by atoms with Gasteiger partial charge in [0.25, 0.3) is 5.91 Å². The number of rotatable bonds is 4. The number of hydrogen-bond acceptors (Lipinski definition) is 6. The zero-order valence-electron chi connectivity index (χ0n) is 15.5. The van der Waals surface area contributed by atoms with Gasteiger partial charge in [0.2, 0.25) is 15.9 Å². The fraction of sp³-hybridized carbons (Fsp3) is 0.529. The van der Waals surface area contributed by atoms with E-state index >= 15 is 0 Å². The van der Waals surface area contributed by atoms with Crippen LogP contribution in [0.2, 0.25) is 5.02 Å². The lowest BCUT2D eigenvalue weighted by molar-refractivity contribution is -0.119. The van der Waals surface area contributed by atoms with Crippen LogP contribution in [0.4, 0.5) is 5.69 Å². The van der Waals surface area contributed by atoms with E-state index in [9.17, 15) is 26.4 Å². The van der Waals surface area contributed by atoms with Gasteiger partial charge in [0.1, 0.15) is 0 Å². The van der Waals surface area contributed by atoms with Crippen LogP contribution < -0.4 is 4.31 Å². The molecule has 0 aliphatic carbocycles. The first kappa shape index (κ1) is 21.1. The first-order valence-electron chi connectivity index (χ1n) is 8.84. The van der Waals surface area contributed by atoms with E-state index in [-0.39, 0.29) is 33.5 Å². The minimum absolute atomic E-state index is 0.0335. The standard InChI is InChI=1S/C17H21ClN2O6S2/c1-3-19(13-6-7-27(23,24)10-13)17(22)12-4-5-14(18)15(8-12)20-16(21)11(2)9-28(20,25)26/h4-5,8,11,13H,3,6-7,9-10H2,1-2H3. The van der Waals surface area contributed by atoms with Crippen molar-refractivity contribution in [3.8, 4) is 0 Å². The van der Waals surface area contributed by atoms with Gasteiger partial charge < -0.3 is 4.90 Å². The van der Waals surface area contributed by atoms with Gasteiger partial charge in [0.05, 0.1) is 33.9 Å². The van der Waals surface area contributed by atoms with Gasteiger partial charge in [0.15, 0.2) is 9.84 Å². The molecule has 28 heavy (non-hydrogen) atoms. The number of amides is 2. The molecule has 0 bridgehead atoms. The van der Waals surface area contributed by atoms with E-state index in [1.807, 2.05) is 0 Å². The number of hydrogen-bond donors (Lipinski definition) is 0. The fourth-order valence-electron chi connectivity index (χ4n) is 3.62. The Labute approximate surface area is 169 Å². The van der Waals surface area contributed by atoms with Crippen LogP contribution in [0, 0.1) is 5.92 Å². The Morgan fingerprint density at radius 1 is 1.25 bits per heavy atom. The van der Waals surface area contributed by atoms with Crippen LogP contribution in [0.25, 0.3) is 0 Å². The summed E-state index contributed by atoms with van der Waals surface area (Å²) in [5.41, 5.74) is 0.0880. The Bertz CT molecular complexity index is 1040. The van der Waals surface area contributed by atoms with Crippen LogP contribution in [-0.2, 0) is 24.7 Å². The summed E-state index contributed by atoms with van der Waals surface area (Å²) in [6.45, 7) is 3.56. The van der Waals surface area contributed by atoms with Crippen molar-refractivity contribution in [2.45, 2.75) is 26.3 Å². The SMILES string of the molecule is CCN(C(=O)c1ccc(Cl)c(N2C(=O)C(C)CS2(=O)=O)c1)C1CCS(=O)(=O)C1. The van der Waals surface area contributed by atoms with Crippen LogP contribution in [0.5, 0.6) is 0 Å². The number of carbonyl (C=O) groups is 2. The third-order valence-electron chi connectivity index (χ3n) is 5.02. The molecule has 2 unspecified atom stereocenters. The van der Waals surface area contributed by atoms with Gasteiger partial charge >= 0.3 is 0 Å². The molecule has 2 amide bonds. The Balaban J connectivity index is 1.97. The largest absolute Gasteiger partial charge is 0.335 e. The second-order valence-electron chi connectivity index (χ2n) is 7.10. The number of halogens is 1. The highest BCUT2D eigenvalue weighted by molar-refractivity contribution is 7.94. The molecule has 2 saturated heterocycles.